The fourth-order valence-electron chi connectivity index (χ4n) is 2.52. The fraction of sp³-hybridized carbons (Fsp3) is 0.150. The molecule has 3 aromatic rings. The van der Waals surface area contributed by atoms with Crippen LogP contribution in [0.1, 0.15) is 16.2 Å². The lowest BCUT2D eigenvalue weighted by molar-refractivity contribution is 0.0745. The lowest BCUT2D eigenvalue weighted by Crippen LogP contribution is -2.31. The summed E-state index contributed by atoms with van der Waals surface area (Å²) in [7, 11) is 1.60. The van der Waals surface area contributed by atoms with E-state index in [9.17, 15) is 4.79 Å². The van der Waals surface area contributed by atoms with Gasteiger partial charge in [0.05, 0.1) is 17.7 Å². The maximum atomic E-state index is 12.8. The molecule has 1 heterocycles. The predicted octanol–water partition coefficient (Wildman–Crippen LogP) is 4.23. The molecule has 0 unspecified atom stereocenters. The van der Waals surface area contributed by atoms with Gasteiger partial charge in [-0.15, -0.1) is 6.58 Å². The first kappa shape index (κ1) is 18.7. The van der Waals surface area contributed by atoms with Gasteiger partial charge < -0.3 is 14.2 Å². The Labute approximate surface area is 162 Å². The highest BCUT2D eigenvalue weighted by molar-refractivity contribution is 6.33. The molecule has 0 fully saturated rings. The second-order valence-electron chi connectivity index (χ2n) is 5.69. The third-order valence-electron chi connectivity index (χ3n) is 3.88. The maximum absolute atomic E-state index is 12.8. The van der Waals surface area contributed by atoms with Crippen LogP contribution in [0.4, 0.5) is 0 Å². The van der Waals surface area contributed by atoms with Crippen LogP contribution in [0.3, 0.4) is 0 Å². The zero-order valence-corrected chi connectivity index (χ0v) is 15.5. The van der Waals surface area contributed by atoms with Crippen molar-refractivity contribution in [2.75, 3.05) is 13.7 Å². The molecule has 0 saturated carbocycles. The smallest absolute Gasteiger partial charge is 0.256 e. The van der Waals surface area contributed by atoms with Gasteiger partial charge >= 0.3 is 0 Å². The minimum absolute atomic E-state index is 0.152. The summed E-state index contributed by atoms with van der Waals surface area (Å²) in [4.78, 5) is 18.7. The highest BCUT2D eigenvalue weighted by atomic mass is 35.5. The Hall–Kier alpha value is -3.12. The molecule has 0 N–H and O–H groups in total. The van der Waals surface area contributed by atoms with Gasteiger partial charge in [-0.05, 0) is 36.4 Å². The van der Waals surface area contributed by atoms with Crippen molar-refractivity contribution in [1.82, 2.24) is 15.0 Å². The highest BCUT2D eigenvalue weighted by Gasteiger charge is 2.20. The lowest BCUT2D eigenvalue weighted by atomic mass is 10.2. The Kier molecular flexibility index (Phi) is 5.88. The Balaban J connectivity index is 1.79. The van der Waals surface area contributed by atoms with Gasteiger partial charge in [0.1, 0.15) is 12.3 Å². The molecule has 0 aliphatic carbocycles. The summed E-state index contributed by atoms with van der Waals surface area (Å²) in [5.41, 5.74) is 1.20. The largest absolute Gasteiger partial charge is 0.497 e. The molecule has 2 aromatic carbocycles. The molecule has 0 radical (unpaired) electrons. The molecule has 0 saturated heterocycles. The van der Waals surface area contributed by atoms with Gasteiger partial charge in [-0.3, -0.25) is 4.79 Å². The number of benzene rings is 2. The van der Waals surface area contributed by atoms with Gasteiger partial charge in [-0.2, -0.15) is 4.98 Å². The number of nitrogens with zero attached hydrogens (tertiary/aromatic N) is 3. The van der Waals surface area contributed by atoms with Crippen LogP contribution in [0.2, 0.25) is 5.02 Å². The van der Waals surface area contributed by atoms with Gasteiger partial charge in [0.25, 0.3) is 5.91 Å². The van der Waals surface area contributed by atoms with Crippen molar-refractivity contribution in [3.8, 4) is 17.1 Å². The van der Waals surface area contributed by atoms with Crippen molar-refractivity contribution in [2.45, 2.75) is 6.54 Å². The average Bonchev–Trinajstić information content (AvgIpc) is 3.16. The first-order chi connectivity index (χ1) is 13.1. The molecule has 1 aromatic heterocycles. The summed E-state index contributed by atoms with van der Waals surface area (Å²) >= 11 is 6.14. The molecule has 0 aliphatic rings. The third-order valence-corrected chi connectivity index (χ3v) is 4.21. The van der Waals surface area contributed by atoms with Crippen LogP contribution in [0, 0.1) is 0 Å². The number of ether oxygens (including phenoxy) is 1. The summed E-state index contributed by atoms with van der Waals surface area (Å²) in [6.45, 7) is 4.18. The van der Waals surface area contributed by atoms with Crippen LogP contribution >= 0.6 is 11.6 Å². The fourth-order valence-corrected chi connectivity index (χ4v) is 2.74. The van der Waals surface area contributed by atoms with E-state index in [0.29, 0.717) is 28.8 Å². The van der Waals surface area contributed by atoms with Crippen molar-refractivity contribution in [1.29, 1.82) is 0 Å². The van der Waals surface area contributed by atoms with Gasteiger partial charge in [-0.25, -0.2) is 0 Å². The summed E-state index contributed by atoms with van der Waals surface area (Å²) in [6, 6.07) is 14.2. The number of amides is 1. The summed E-state index contributed by atoms with van der Waals surface area (Å²) < 4.78 is 10.5. The van der Waals surface area contributed by atoms with Crippen LogP contribution in [0.25, 0.3) is 11.4 Å². The zero-order chi connectivity index (χ0) is 19.2. The van der Waals surface area contributed by atoms with E-state index in [2.05, 4.69) is 16.7 Å². The minimum Gasteiger partial charge on any atom is -0.497 e. The van der Waals surface area contributed by atoms with Crippen molar-refractivity contribution in [3.63, 3.8) is 0 Å². The zero-order valence-electron chi connectivity index (χ0n) is 14.8. The molecular formula is C20H18ClN3O3. The van der Waals surface area contributed by atoms with E-state index >= 15 is 0 Å². The normalized spacial score (nSPS) is 10.4. The molecule has 3 rings (SSSR count). The Morgan fingerprint density at radius 1 is 1.26 bits per heavy atom. The first-order valence-electron chi connectivity index (χ1n) is 8.24. The summed E-state index contributed by atoms with van der Waals surface area (Å²) in [5, 5.41) is 4.38. The number of carbonyl (C=O) groups excluding carboxylic acids is 1. The van der Waals surface area contributed by atoms with Gasteiger partial charge in [0.15, 0.2) is 0 Å². The molecule has 6 nitrogen and oxygen atoms in total. The standard InChI is InChI=1S/C20H18ClN3O3/c1-3-12-24(20(25)16-6-4-5-7-17(16)21)13-18-22-19(23-27-18)14-8-10-15(26-2)11-9-14/h3-11H,1,12-13H2,2H3. The molecule has 0 atom stereocenters. The monoisotopic (exact) mass is 383 g/mol. The number of aromatic nitrogens is 2. The van der Waals surface area contributed by atoms with Crippen LogP contribution in [0.5, 0.6) is 5.75 Å². The molecule has 138 valence electrons. The van der Waals surface area contributed by atoms with Crippen molar-refractivity contribution in [3.05, 3.63) is 77.7 Å². The lowest BCUT2D eigenvalue weighted by Gasteiger charge is -2.19. The van der Waals surface area contributed by atoms with Crippen molar-refractivity contribution < 1.29 is 14.1 Å². The molecule has 0 spiro atoms. The first-order valence-corrected chi connectivity index (χ1v) is 8.62. The van der Waals surface area contributed by atoms with E-state index in [1.165, 1.54) is 0 Å². The number of hydrogen-bond acceptors (Lipinski definition) is 5. The molecule has 0 aliphatic heterocycles. The summed E-state index contributed by atoms with van der Waals surface area (Å²) in [5.74, 6) is 1.27. The molecule has 7 heteroatoms. The van der Waals surface area contributed by atoms with E-state index in [-0.39, 0.29) is 12.5 Å². The predicted molar refractivity (Wildman–Crippen MR) is 103 cm³/mol. The Morgan fingerprint density at radius 2 is 2.00 bits per heavy atom. The van der Waals surface area contributed by atoms with E-state index in [1.807, 2.05) is 24.3 Å². The van der Waals surface area contributed by atoms with E-state index in [0.717, 1.165) is 11.3 Å². The topological polar surface area (TPSA) is 68.5 Å². The highest BCUT2D eigenvalue weighted by Crippen LogP contribution is 2.21. The number of methoxy groups -OCH3 is 1. The van der Waals surface area contributed by atoms with Crippen LogP contribution in [0.15, 0.2) is 65.7 Å². The number of halogens is 1. The molecule has 1 amide bonds. The van der Waals surface area contributed by atoms with E-state index < -0.39 is 0 Å². The third kappa shape index (κ3) is 4.35. The molecule has 0 bridgehead atoms. The summed E-state index contributed by atoms with van der Waals surface area (Å²) in [6.07, 6.45) is 1.63. The number of carbonyl (C=O) groups is 1. The quantitative estimate of drug-likeness (QED) is 0.571. The maximum Gasteiger partial charge on any atom is 0.256 e. The van der Waals surface area contributed by atoms with Gasteiger partial charge in [0, 0.05) is 12.1 Å². The number of hydrogen-bond donors (Lipinski definition) is 0. The van der Waals surface area contributed by atoms with Crippen LogP contribution in [-0.4, -0.2) is 34.6 Å². The van der Waals surface area contributed by atoms with Gasteiger partial charge in [0.2, 0.25) is 11.7 Å². The minimum atomic E-state index is -0.232. The van der Waals surface area contributed by atoms with Crippen LogP contribution in [-0.2, 0) is 6.54 Å². The molecule has 27 heavy (non-hydrogen) atoms. The SMILES string of the molecule is C=CCN(Cc1nc(-c2ccc(OC)cc2)no1)C(=O)c1ccccc1Cl. The number of rotatable bonds is 7. The van der Waals surface area contributed by atoms with Crippen LogP contribution < -0.4 is 4.74 Å². The average molecular weight is 384 g/mol. The van der Waals surface area contributed by atoms with E-state index in [1.54, 1.807) is 42.4 Å². The Morgan fingerprint density at radius 3 is 2.67 bits per heavy atom. The second-order valence-corrected chi connectivity index (χ2v) is 6.10. The molecular weight excluding hydrogens is 366 g/mol. The van der Waals surface area contributed by atoms with Gasteiger partial charge in [-0.1, -0.05) is 35.0 Å². The van der Waals surface area contributed by atoms with E-state index in [4.69, 9.17) is 20.9 Å². The van der Waals surface area contributed by atoms with Crippen molar-refractivity contribution in [2.24, 2.45) is 0 Å². The Bertz CT molecular complexity index is 938. The second kappa shape index (κ2) is 8.51. The van der Waals surface area contributed by atoms with Crippen molar-refractivity contribution >= 4 is 17.5 Å².